The third-order valence-electron chi connectivity index (χ3n) is 3.54. The van der Waals surface area contributed by atoms with Crippen molar-refractivity contribution in [1.82, 2.24) is 5.32 Å². The van der Waals surface area contributed by atoms with Crippen molar-refractivity contribution in [2.45, 2.75) is 20.0 Å². The van der Waals surface area contributed by atoms with E-state index in [1.807, 2.05) is 13.0 Å². The lowest BCUT2D eigenvalue weighted by atomic mass is 10.1. The first-order chi connectivity index (χ1) is 12.8. The summed E-state index contributed by atoms with van der Waals surface area (Å²) in [5.41, 5.74) is 1.52. The van der Waals surface area contributed by atoms with Crippen LogP contribution in [0.25, 0.3) is 0 Å². The van der Waals surface area contributed by atoms with E-state index in [4.69, 9.17) is 16.3 Å². The van der Waals surface area contributed by atoms with Crippen molar-refractivity contribution in [3.05, 3.63) is 64.4 Å². The van der Waals surface area contributed by atoms with Crippen LogP contribution in [0.5, 0.6) is 0 Å². The molecule has 0 aliphatic carbocycles. The minimum atomic E-state index is -1.13. The van der Waals surface area contributed by atoms with Crippen LogP contribution in [0, 0.1) is 12.7 Å². The van der Waals surface area contributed by atoms with Crippen LogP contribution in [0.2, 0.25) is 5.02 Å². The van der Waals surface area contributed by atoms with E-state index in [0.29, 0.717) is 5.56 Å². The predicted molar refractivity (Wildman–Crippen MR) is 99.1 cm³/mol. The van der Waals surface area contributed by atoms with E-state index in [1.54, 1.807) is 18.2 Å². The van der Waals surface area contributed by atoms with Gasteiger partial charge in [0.05, 0.1) is 10.7 Å². The van der Waals surface area contributed by atoms with Crippen molar-refractivity contribution < 1.29 is 23.5 Å². The van der Waals surface area contributed by atoms with Crippen molar-refractivity contribution in [1.29, 1.82) is 0 Å². The van der Waals surface area contributed by atoms with Crippen LogP contribution in [-0.4, -0.2) is 30.4 Å². The molecule has 0 radical (unpaired) electrons. The van der Waals surface area contributed by atoms with Crippen LogP contribution in [0.3, 0.4) is 0 Å². The van der Waals surface area contributed by atoms with Gasteiger partial charge >= 0.3 is 5.97 Å². The fraction of sp³-hybridized carbons (Fsp3) is 0.211. The molecule has 0 saturated heterocycles. The van der Waals surface area contributed by atoms with Crippen LogP contribution >= 0.6 is 11.6 Å². The Morgan fingerprint density at radius 3 is 2.59 bits per heavy atom. The summed E-state index contributed by atoms with van der Waals surface area (Å²) in [6.07, 6.45) is -1.13. The Morgan fingerprint density at radius 1 is 1.19 bits per heavy atom. The second kappa shape index (κ2) is 9.14. The molecule has 2 rings (SSSR count). The van der Waals surface area contributed by atoms with Gasteiger partial charge in [0, 0.05) is 5.56 Å². The first-order valence-electron chi connectivity index (χ1n) is 8.06. The van der Waals surface area contributed by atoms with Crippen molar-refractivity contribution in [3.63, 3.8) is 0 Å². The van der Waals surface area contributed by atoms with Crippen LogP contribution < -0.4 is 10.6 Å². The fourth-order valence-corrected chi connectivity index (χ4v) is 2.37. The maximum Gasteiger partial charge on any atom is 0.326 e. The van der Waals surface area contributed by atoms with Gasteiger partial charge in [0.15, 0.2) is 6.10 Å². The Balaban J connectivity index is 1.83. The van der Waals surface area contributed by atoms with Gasteiger partial charge in [-0.1, -0.05) is 29.3 Å². The lowest BCUT2D eigenvalue weighted by Crippen LogP contribution is -2.35. The average molecular weight is 393 g/mol. The largest absolute Gasteiger partial charge is 0.451 e. The molecule has 0 bridgehead atoms. The van der Waals surface area contributed by atoms with Crippen molar-refractivity contribution >= 4 is 35.1 Å². The number of ether oxygens (including phenoxy) is 1. The molecule has 0 aliphatic heterocycles. The Hall–Kier alpha value is -2.93. The summed E-state index contributed by atoms with van der Waals surface area (Å²) >= 11 is 5.83. The van der Waals surface area contributed by atoms with Gasteiger partial charge in [-0.05, 0) is 44.2 Å². The van der Waals surface area contributed by atoms with E-state index >= 15 is 0 Å². The smallest absolute Gasteiger partial charge is 0.326 e. The van der Waals surface area contributed by atoms with Gasteiger partial charge in [-0.2, -0.15) is 0 Å². The zero-order chi connectivity index (χ0) is 20.0. The third-order valence-corrected chi connectivity index (χ3v) is 3.85. The number of hydrogen-bond donors (Lipinski definition) is 2. The zero-order valence-corrected chi connectivity index (χ0v) is 15.5. The van der Waals surface area contributed by atoms with Crippen molar-refractivity contribution in [2.24, 2.45) is 0 Å². The van der Waals surface area contributed by atoms with Gasteiger partial charge in [0.1, 0.15) is 12.4 Å². The van der Waals surface area contributed by atoms with Gasteiger partial charge in [0.2, 0.25) is 0 Å². The Bertz CT molecular complexity index is 873. The standard InChI is InChI=1S/C19H18ClFN2O4/c1-11-4-3-5-13(8-11)19(26)22-10-17(24)27-12(2)18(25)23-16-7-6-14(21)9-15(16)20/h3-9,12H,10H2,1-2H3,(H,22,26)(H,23,25)/t12-/m0/s1. The van der Waals surface area contributed by atoms with E-state index in [0.717, 1.165) is 17.7 Å². The van der Waals surface area contributed by atoms with Gasteiger partial charge < -0.3 is 15.4 Å². The molecule has 6 nitrogen and oxygen atoms in total. The molecule has 0 fully saturated rings. The highest BCUT2D eigenvalue weighted by Crippen LogP contribution is 2.22. The van der Waals surface area contributed by atoms with E-state index in [-0.39, 0.29) is 17.3 Å². The Kier molecular flexibility index (Phi) is 6.90. The number of benzene rings is 2. The molecule has 142 valence electrons. The molecule has 0 saturated carbocycles. The average Bonchev–Trinajstić information content (AvgIpc) is 2.61. The summed E-state index contributed by atoms with van der Waals surface area (Å²) in [5, 5.41) is 4.89. The maximum absolute atomic E-state index is 13.0. The van der Waals surface area contributed by atoms with Crippen molar-refractivity contribution in [3.8, 4) is 0 Å². The highest BCUT2D eigenvalue weighted by molar-refractivity contribution is 6.33. The van der Waals surface area contributed by atoms with E-state index in [2.05, 4.69) is 10.6 Å². The minimum Gasteiger partial charge on any atom is -0.451 e. The second-order valence-electron chi connectivity index (χ2n) is 5.80. The summed E-state index contributed by atoms with van der Waals surface area (Å²) in [4.78, 5) is 35.9. The number of esters is 1. The number of nitrogens with one attached hydrogen (secondary N) is 2. The van der Waals surface area contributed by atoms with Crippen LogP contribution in [0.4, 0.5) is 10.1 Å². The van der Waals surface area contributed by atoms with Crippen LogP contribution in [-0.2, 0) is 14.3 Å². The monoisotopic (exact) mass is 392 g/mol. The molecule has 2 aromatic carbocycles. The van der Waals surface area contributed by atoms with E-state index < -0.39 is 29.7 Å². The number of rotatable bonds is 6. The first kappa shape index (κ1) is 20.4. The summed E-state index contributed by atoms with van der Waals surface area (Å²) in [5.74, 6) is -2.38. The van der Waals surface area contributed by atoms with Crippen molar-refractivity contribution in [2.75, 3.05) is 11.9 Å². The highest BCUT2D eigenvalue weighted by Gasteiger charge is 2.19. The lowest BCUT2D eigenvalue weighted by Gasteiger charge is -2.14. The van der Waals surface area contributed by atoms with Gasteiger partial charge in [-0.15, -0.1) is 0 Å². The fourth-order valence-electron chi connectivity index (χ4n) is 2.16. The first-order valence-corrected chi connectivity index (χ1v) is 8.44. The number of hydrogen-bond acceptors (Lipinski definition) is 4. The molecule has 0 aliphatic rings. The van der Waals surface area contributed by atoms with Gasteiger partial charge in [-0.25, -0.2) is 4.39 Å². The topological polar surface area (TPSA) is 84.5 Å². The molecule has 0 unspecified atom stereocenters. The summed E-state index contributed by atoms with van der Waals surface area (Å²) < 4.78 is 18.0. The highest BCUT2D eigenvalue weighted by atomic mass is 35.5. The number of aryl methyl sites for hydroxylation is 1. The molecular formula is C19H18ClFN2O4. The van der Waals surface area contributed by atoms with Gasteiger partial charge in [0.25, 0.3) is 11.8 Å². The number of halogens is 2. The van der Waals surface area contributed by atoms with E-state index in [1.165, 1.54) is 13.0 Å². The van der Waals surface area contributed by atoms with Crippen LogP contribution in [0.15, 0.2) is 42.5 Å². The van der Waals surface area contributed by atoms with Crippen LogP contribution in [0.1, 0.15) is 22.8 Å². The molecule has 0 aromatic heterocycles. The third kappa shape index (κ3) is 6.07. The summed E-state index contributed by atoms with van der Waals surface area (Å²) in [6, 6.07) is 10.4. The number of amides is 2. The normalized spacial score (nSPS) is 11.4. The minimum absolute atomic E-state index is 0.0206. The molecule has 2 amide bonds. The molecule has 2 N–H and O–H groups in total. The second-order valence-corrected chi connectivity index (χ2v) is 6.20. The molecule has 27 heavy (non-hydrogen) atoms. The lowest BCUT2D eigenvalue weighted by molar-refractivity contribution is -0.152. The Morgan fingerprint density at radius 2 is 1.93 bits per heavy atom. The van der Waals surface area contributed by atoms with Gasteiger partial charge in [-0.3, -0.25) is 14.4 Å². The SMILES string of the molecule is Cc1cccc(C(=O)NCC(=O)O[C@@H](C)C(=O)Nc2ccc(F)cc2Cl)c1. The number of carbonyl (C=O) groups is 3. The molecule has 0 heterocycles. The molecular weight excluding hydrogens is 375 g/mol. The molecule has 1 atom stereocenters. The maximum atomic E-state index is 13.0. The molecule has 8 heteroatoms. The molecule has 2 aromatic rings. The number of anilines is 1. The molecule has 0 spiro atoms. The summed E-state index contributed by atoms with van der Waals surface area (Å²) in [7, 11) is 0. The predicted octanol–water partition coefficient (Wildman–Crippen LogP) is 3.09. The zero-order valence-electron chi connectivity index (χ0n) is 14.7. The summed E-state index contributed by atoms with van der Waals surface area (Å²) in [6.45, 7) is 2.83. The Labute approximate surface area is 160 Å². The quantitative estimate of drug-likeness (QED) is 0.740. The number of carbonyl (C=O) groups excluding carboxylic acids is 3. The van der Waals surface area contributed by atoms with E-state index in [9.17, 15) is 18.8 Å².